The van der Waals surface area contributed by atoms with E-state index in [1.165, 1.54) is 44.9 Å². The lowest BCUT2D eigenvalue weighted by atomic mass is 10.0. The maximum absolute atomic E-state index is 10.6. The van der Waals surface area contributed by atoms with E-state index >= 15 is 0 Å². The molecule has 0 saturated heterocycles. The second kappa shape index (κ2) is 12.7. The van der Waals surface area contributed by atoms with E-state index < -0.39 is 17.9 Å². The average Bonchev–Trinajstić information content (AvgIpc) is 2.39. The van der Waals surface area contributed by atoms with E-state index in [2.05, 4.69) is 6.92 Å². The first-order valence-electron chi connectivity index (χ1n) is 7.70. The van der Waals surface area contributed by atoms with Crippen molar-refractivity contribution in [3.8, 4) is 0 Å². The molecule has 0 atom stereocenters. The van der Waals surface area contributed by atoms with Crippen LogP contribution in [0.15, 0.2) is 12.2 Å². The number of hydrogen-bond donors (Lipinski definition) is 2. The quantitative estimate of drug-likeness (QED) is 0.301. The SMILES string of the molecule is CCCCCCCCCC/C=C/CC(C(=O)O)C(=O)O. The van der Waals surface area contributed by atoms with Crippen molar-refractivity contribution in [1.29, 1.82) is 0 Å². The van der Waals surface area contributed by atoms with Gasteiger partial charge in [-0.1, -0.05) is 64.0 Å². The van der Waals surface area contributed by atoms with Gasteiger partial charge in [-0.05, 0) is 19.3 Å². The van der Waals surface area contributed by atoms with Crippen molar-refractivity contribution in [2.45, 2.75) is 71.1 Å². The number of allylic oxidation sites excluding steroid dienone is 2. The third kappa shape index (κ3) is 10.6. The van der Waals surface area contributed by atoms with Gasteiger partial charge in [0.25, 0.3) is 0 Å². The number of carboxylic acids is 2. The van der Waals surface area contributed by atoms with Crippen molar-refractivity contribution in [3.05, 3.63) is 12.2 Å². The number of unbranched alkanes of at least 4 members (excludes halogenated alkanes) is 8. The van der Waals surface area contributed by atoms with Gasteiger partial charge in [0, 0.05) is 0 Å². The number of rotatable bonds is 13. The maximum Gasteiger partial charge on any atom is 0.318 e. The van der Waals surface area contributed by atoms with Crippen LogP contribution in [-0.2, 0) is 9.59 Å². The van der Waals surface area contributed by atoms with Gasteiger partial charge in [-0.25, -0.2) is 0 Å². The van der Waals surface area contributed by atoms with Crippen LogP contribution in [0.2, 0.25) is 0 Å². The van der Waals surface area contributed by atoms with Gasteiger partial charge >= 0.3 is 11.9 Å². The standard InChI is InChI=1S/C16H28O4/c1-2-3-4-5-6-7-8-9-10-11-12-13-14(15(17)18)16(19)20/h11-12,14H,2-10,13H2,1H3,(H,17,18)(H,19,20)/b12-11+. The minimum atomic E-state index is -1.31. The Kier molecular flexibility index (Phi) is 11.9. The predicted octanol–water partition coefficient (Wildman–Crippen LogP) is 4.25. The van der Waals surface area contributed by atoms with Gasteiger partial charge in [0.2, 0.25) is 0 Å². The van der Waals surface area contributed by atoms with Crippen molar-refractivity contribution in [3.63, 3.8) is 0 Å². The van der Waals surface area contributed by atoms with Gasteiger partial charge in [-0.15, -0.1) is 0 Å². The smallest absolute Gasteiger partial charge is 0.318 e. The molecule has 0 aliphatic carbocycles. The molecule has 2 N–H and O–H groups in total. The van der Waals surface area contributed by atoms with Crippen molar-refractivity contribution >= 4 is 11.9 Å². The summed E-state index contributed by atoms with van der Waals surface area (Å²) in [6, 6.07) is 0. The summed E-state index contributed by atoms with van der Waals surface area (Å²) in [5.41, 5.74) is 0. The summed E-state index contributed by atoms with van der Waals surface area (Å²) in [5, 5.41) is 17.4. The average molecular weight is 284 g/mol. The normalized spacial score (nSPS) is 11.3. The minimum absolute atomic E-state index is 0.0711. The summed E-state index contributed by atoms with van der Waals surface area (Å²) in [6.45, 7) is 2.21. The summed E-state index contributed by atoms with van der Waals surface area (Å²) in [6.07, 6.45) is 14.6. The molecule has 0 spiro atoms. The largest absolute Gasteiger partial charge is 0.481 e. The monoisotopic (exact) mass is 284 g/mol. The van der Waals surface area contributed by atoms with E-state index in [1.54, 1.807) is 6.08 Å². The van der Waals surface area contributed by atoms with Crippen LogP contribution < -0.4 is 0 Å². The number of hydrogen-bond acceptors (Lipinski definition) is 2. The maximum atomic E-state index is 10.6. The Bertz CT molecular complexity index is 283. The molecule has 0 aliphatic heterocycles. The minimum Gasteiger partial charge on any atom is -0.481 e. The molecule has 0 heterocycles. The summed E-state index contributed by atoms with van der Waals surface area (Å²) in [7, 11) is 0. The second-order valence-electron chi connectivity index (χ2n) is 5.20. The molecule has 0 unspecified atom stereocenters. The molecule has 4 heteroatoms. The van der Waals surface area contributed by atoms with Crippen LogP contribution in [0.4, 0.5) is 0 Å². The first-order valence-corrected chi connectivity index (χ1v) is 7.70. The molecule has 0 bridgehead atoms. The first-order chi connectivity index (χ1) is 9.59. The summed E-state index contributed by atoms with van der Waals surface area (Å²) in [4.78, 5) is 21.3. The molecule has 0 amide bonds. The third-order valence-electron chi connectivity index (χ3n) is 3.36. The molecule has 20 heavy (non-hydrogen) atoms. The zero-order valence-electron chi connectivity index (χ0n) is 12.5. The van der Waals surface area contributed by atoms with Crippen LogP contribution in [-0.4, -0.2) is 22.2 Å². The lowest BCUT2D eigenvalue weighted by Gasteiger charge is -2.02. The van der Waals surface area contributed by atoms with Crippen molar-refractivity contribution in [2.24, 2.45) is 5.92 Å². The van der Waals surface area contributed by atoms with E-state index in [4.69, 9.17) is 10.2 Å². The fourth-order valence-electron chi connectivity index (χ4n) is 2.05. The second-order valence-corrected chi connectivity index (χ2v) is 5.20. The van der Waals surface area contributed by atoms with E-state index in [9.17, 15) is 9.59 Å². The summed E-state index contributed by atoms with van der Waals surface area (Å²) < 4.78 is 0. The molecule has 0 aromatic carbocycles. The lowest BCUT2D eigenvalue weighted by molar-refractivity contribution is -0.154. The molecule has 116 valence electrons. The highest BCUT2D eigenvalue weighted by atomic mass is 16.4. The van der Waals surface area contributed by atoms with E-state index in [0.717, 1.165) is 12.8 Å². The van der Waals surface area contributed by atoms with Crippen LogP contribution in [0.5, 0.6) is 0 Å². The molecular formula is C16H28O4. The van der Waals surface area contributed by atoms with E-state index in [0.29, 0.717) is 0 Å². The lowest BCUT2D eigenvalue weighted by Crippen LogP contribution is -2.22. The fraction of sp³-hybridized carbons (Fsp3) is 0.750. The molecule has 0 aromatic rings. The highest BCUT2D eigenvalue weighted by Crippen LogP contribution is 2.10. The Hall–Kier alpha value is -1.32. The molecule has 0 saturated carbocycles. The summed E-state index contributed by atoms with van der Waals surface area (Å²) in [5.74, 6) is -3.85. The van der Waals surface area contributed by atoms with Gasteiger partial charge in [-0.3, -0.25) is 9.59 Å². The highest BCUT2D eigenvalue weighted by molar-refractivity contribution is 5.92. The Morgan fingerprint density at radius 1 is 0.850 bits per heavy atom. The Balaban J connectivity index is 3.48. The van der Waals surface area contributed by atoms with Gasteiger partial charge < -0.3 is 10.2 Å². The molecule has 0 aliphatic rings. The topological polar surface area (TPSA) is 74.6 Å². The molecule has 0 rings (SSSR count). The molecule has 4 nitrogen and oxygen atoms in total. The number of carbonyl (C=O) groups is 2. The molecular weight excluding hydrogens is 256 g/mol. The number of carboxylic acid groups (broad SMARTS) is 2. The molecule has 0 radical (unpaired) electrons. The molecule has 0 aromatic heterocycles. The van der Waals surface area contributed by atoms with Crippen LogP contribution in [0, 0.1) is 5.92 Å². The van der Waals surface area contributed by atoms with Gasteiger partial charge in [-0.2, -0.15) is 0 Å². The van der Waals surface area contributed by atoms with Crippen LogP contribution in [0.3, 0.4) is 0 Å². The van der Waals surface area contributed by atoms with Crippen molar-refractivity contribution in [1.82, 2.24) is 0 Å². The number of aliphatic carboxylic acids is 2. The first kappa shape index (κ1) is 18.7. The van der Waals surface area contributed by atoms with Crippen molar-refractivity contribution < 1.29 is 19.8 Å². The van der Waals surface area contributed by atoms with Crippen molar-refractivity contribution in [2.75, 3.05) is 0 Å². The predicted molar refractivity (Wildman–Crippen MR) is 79.7 cm³/mol. The highest BCUT2D eigenvalue weighted by Gasteiger charge is 2.23. The third-order valence-corrected chi connectivity index (χ3v) is 3.36. The summed E-state index contributed by atoms with van der Waals surface area (Å²) >= 11 is 0. The zero-order valence-corrected chi connectivity index (χ0v) is 12.5. The van der Waals surface area contributed by atoms with Crippen LogP contribution >= 0.6 is 0 Å². The Morgan fingerprint density at radius 3 is 1.85 bits per heavy atom. The van der Waals surface area contributed by atoms with Gasteiger partial charge in [0.1, 0.15) is 0 Å². The molecule has 0 fully saturated rings. The Morgan fingerprint density at radius 2 is 1.35 bits per heavy atom. The zero-order chi connectivity index (χ0) is 15.2. The van der Waals surface area contributed by atoms with Crippen LogP contribution in [0.1, 0.15) is 71.1 Å². The van der Waals surface area contributed by atoms with Crippen LogP contribution in [0.25, 0.3) is 0 Å². The van der Waals surface area contributed by atoms with Gasteiger partial charge in [0.05, 0.1) is 0 Å². The van der Waals surface area contributed by atoms with E-state index in [-0.39, 0.29) is 6.42 Å². The Labute approximate surface area is 121 Å². The van der Waals surface area contributed by atoms with E-state index in [1.807, 2.05) is 6.08 Å². The van der Waals surface area contributed by atoms with Gasteiger partial charge in [0.15, 0.2) is 5.92 Å². The fourth-order valence-corrected chi connectivity index (χ4v) is 2.05.